The van der Waals surface area contributed by atoms with Crippen LogP contribution in [0.5, 0.6) is 0 Å². The van der Waals surface area contributed by atoms with Gasteiger partial charge >= 0.3 is 71.3 Å². The van der Waals surface area contributed by atoms with Crippen molar-refractivity contribution >= 4 is 0 Å². The Morgan fingerprint density at radius 1 is 1.22 bits per heavy atom. The molecule has 0 aromatic rings. The zero-order valence-electron chi connectivity index (χ0n) is 7.19. The number of hydrogen-bond donors (Lipinski definition) is 0. The van der Waals surface area contributed by atoms with Crippen molar-refractivity contribution in [3.05, 3.63) is 0 Å². The second-order valence-corrected chi connectivity index (χ2v) is 12.6. The van der Waals surface area contributed by atoms with Gasteiger partial charge in [-0.1, -0.05) is 0 Å². The topological polar surface area (TPSA) is 9.23 Å². The van der Waals surface area contributed by atoms with Gasteiger partial charge in [0.15, 0.2) is 0 Å². The Hall–Kier alpha value is 0.895. The van der Waals surface area contributed by atoms with E-state index in [0.29, 0.717) is 0 Å². The van der Waals surface area contributed by atoms with E-state index in [2.05, 4.69) is 34.6 Å². The van der Waals surface area contributed by atoms with Crippen LogP contribution in [0, 0.1) is 0 Å². The van der Waals surface area contributed by atoms with Crippen LogP contribution in [0.4, 0.5) is 0 Å². The van der Waals surface area contributed by atoms with Gasteiger partial charge in [0.2, 0.25) is 0 Å². The molecule has 0 aliphatic carbocycles. The van der Waals surface area contributed by atoms with E-state index in [4.69, 9.17) is 2.64 Å². The Labute approximate surface area is 71.3 Å². The molecule has 0 saturated heterocycles. The summed E-state index contributed by atoms with van der Waals surface area (Å²) in [7, 11) is 0. The van der Waals surface area contributed by atoms with Crippen molar-refractivity contribution in [2.45, 2.75) is 43.6 Å². The third-order valence-electron chi connectivity index (χ3n) is 0.850. The maximum atomic E-state index is 5.71. The molecule has 0 amide bonds. The molecule has 1 nitrogen and oxygen atoms in total. The number of hydrogen-bond acceptors (Lipinski definition) is 1. The van der Waals surface area contributed by atoms with Gasteiger partial charge in [0.1, 0.15) is 0 Å². The molecule has 0 aromatic heterocycles. The Morgan fingerprint density at radius 2 is 1.67 bits per heavy atom. The minimum absolute atomic E-state index is 0.131. The Bertz CT molecular complexity index is 73.5. The standard InChI is InChI=1S/C4H9O.C3H7.Hg/c1-4(2,3)5;1-3-2;/h1-3H3;3H,1-2H3;/q-1;;+1. The summed E-state index contributed by atoms with van der Waals surface area (Å²) in [5.74, 6) is 0. The molecule has 0 rings (SSSR count). The molecule has 0 atom stereocenters. The van der Waals surface area contributed by atoms with Crippen LogP contribution in [0.15, 0.2) is 0 Å². The molecule has 52 valence electrons. The average molecular weight is 317 g/mol. The van der Waals surface area contributed by atoms with E-state index >= 15 is 0 Å². The summed E-state index contributed by atoms with van der Waals surface area (Å²) in [6.45, 7) is 10.9. The van der Waals surface area contributed by atoms with Crippen molar-refractivity contribution in [1.29, 1.82) is 0 Å². The summed E-state index contributed by atoms with van der Waals surface area (Å²) in [6.07, 6.45) is 0. The van der Waals surface area contributed by atoms with Gasteiger partial charge in [-0.3, -0.25) is 0 Å². The van der Waals surface area contributed by atoms with Crippen molar-refractivity contribution in [2.75, 3.05) is 0 Å². The Kier molecular flexibility index (Phi) is 4.31. The van der Waals surface area contributed by atoms with Gasteiger partial charge in [-0.05, 0) is 0 Å². The predicted octanol–water partition coefficient (Wildman–Crippen LogP) is 2.63. The Balaban J connectivity index is 3.28. The van der Waals surface area contributed by atoms with Crippen molar-refractivity contribution in [3.8, 4) is 0 Å². The molecule has 0 aliphatic heterocycles. The monoisotopic (exact) mass is 318 g/mol. The molecule has 0 saturated carbocycles. The van der Waals surface area contributed by atoms with E-state index < -0.39 is 25.0 Å². The van der Waals surface area contributed by atoms with Crippen LogP contribution in [0.1, 0.15) is 34.6 Å². The molecule has 0 fully saturated rings. The van der Waals surface area contributed by atoms with E-state index in [-0.39, 0.29) is 5.60 Å². The molecule has 0 N–H and O–H groups in total. The first-order valence-electron chi connectivity index (χ1n) is 3.56. The van der Waals surface area contributed by atoms with Gasteiger partial charge < -0.3 is 0 Å². The predicted molar refractivity (Wildman–Crippen MR) is 35.9 cm³/mol. The van der Waals surface area contributed by atoms with Crippen LogP contribution < -0.4 is 0 Å². The molecule has 9 heavy (non-hydrogen) atoms. The van der Waals surface area contributed by atoms with Gasteiger partial charge in [0, 0.05) is 0 Å². The SMILES string of the molecule is C[CH](C)[Hg][O]C(C)(C)C. The summed E-state index contributed by atoms with van der Waals surface area (Å²) in [5.41, 5.74) is 0.131. The summed E-state index contributed by atoms with van der Waals surface area (Å²) in [4.78, 5) is 0. The van der Waals surface area contributed by atoms with Crippen LogP contribution in [0.25, 0.3) is 0 Å². The maximum absolute atomic E-state index is 5.71. The van der Waals surface area contributed by atoms with E-state index in [1.165, 1.54) is 0 Å². The fourth-order valence-electron chi connectivity index (χ4n) is 0.417. The van der Waals surface area contributed by atoms with E-state index in [1.54, 1.807) is 0 Å². The summed E-state index contributed by atoms with van der Waals surface area (Å²) in [5, 5.41) is 0. The third-order valence-corrected chi connectivity index (χ3v) is 7.46. The fourth-order valence-corrected chi connectivity index (χ4v) is 3.66. The van der Waals surface area contributed by atoms with Crippen molar-refractivity contribution in [2.24, 2.45) is 0 Å². The summed E-state index contributed by atoms with van der Waals surface area (Å²) >= 11 is -0.932. The second-order valence-electron chi connectivity index (χ2n) is 3.82. The van der Waals surface area contributed by atoms with Gasteiger partial charge in [0.25, 0.3) is 0 Å². The molecule has 0 radical (unpaired) electrons. The molecular weight excluding hydrogens is 301 g/mol. The first-order chi connectivity index (χ1) is 3.92. The van der Waals surface area contributed by atoms with Crippen molar-refractivity contribution in [3.63, 3.8) is 0 Å². The average Bonchev–Trinajstić information content (AvgIpc) is 1.59. The normalized spacial score (nSPS) is 11.8. The molecule has 0 unspecified atom stereocenters. The van der Waals surface area contributed by atoms with E-state index in [0.717, 1.165) is 3.43 Å². The van der Waals surface area contributed by atoms with Gasteiger partial charge in [-0.15, -0.1) is 0 Å². The van der Waals surface area contributed by atoms with Crippen LogP contribution in [0.3, 0.4) is 0 Å². The van der Waals surface area contributed by atoms with Crippen LogP contribution in [-0.4, -0.2) is 5.60 Å². The summed E-state index contributed by atoms with van der Waals surface area (Å²) in [6, 6.07) is 0. The fraction of sp³-hybridized carbons (Fsp3) is 1.00. The first-order valence-corrected chi connectivity index (χ1v) is 8.97. The second kappa shape index (κ2) is 3.92. The first kappa shape index (κ1) is 9.90. The molecule has 2 heteroatoms. The van der Waals surface area contributed by atoms with Crippen LogP contribution in [-0.2, 0) is 27.7 Å². The molecule has 0 spiro atoms. The molecule has 0 aliphatic rings. The zero-order chi connectivity index (χ0) is 7.49. The van der Waals surface area contributed by atoms with E-state index in [9.17, 15) is 0 Å². The third kappa shape index (κ3) is 8.90. The zero-order valence-corrected chi connectivity index (χ0v) is 12.7. The van der Waals surface area contributed by atoms with Gasteiger partial charge in [0.05, 0.1) is 0 Å². The van der Waals surface area contributed by atoms with Crippen LogP contribution >= 0.6 is 0 Å². The van der Waals surface area contributed by atoms with Gasteiger partial charge in [-0.2, -0.15) is 0 Å². The van der Waals surface area contributed by atoms with Crippen molar-refractivity contribution < 1.29 is 27.7 Å². The van der Waals surface area contributed by atoms with Crippen molar-refractivity contribution in [1.82, 2.24) is 0 Å². The minimum atomic E-state index is -0.932. The molecule has 0 heterocycles. The van der Waals surface area contributed by atoms with Gasteiger partial charge in [-0.25, -0.2) is 0 Å². The number of rotatable bonds is 2. The Morgan fingerprint density at radius 3 is 1.78 bits per heavy atom. The summed E-state index contributed by atoms with van der Waals surface area (Å²) < 4.78 is 6.58. The molecule has 0 aromatic carbocycles. The van der Waals surface area contributed by atoms with Crippen LogP contribution in [0.2, 0.25) is 3.43 Å². The molecular formula is C7H16HgO. The van der Waals surface area contributed by atoms with E-state index in [1.807, 2.05) is 0 Å². The quantitative estimate of drug-likeness (QED) is 0.712. The molecule has 0 bridgehead atoms.